The lowest BCUT2D eigenvalue weighted by molar-refractivity contribution is -0.141. The second kappa shape index (κ2) is 6.18. The van der Waals surface area contributed by atoms with E-state index in [1.807, 2.05) is 6.92 Å². The van der Waals surface area contributed by atoms with Gasteiger partial charge in [-0.05, 0) is 32.6 Å². The summed E-state index contributed by atoms with van der Waals surface area (Å²) in [7, 11) is 0. The molecule has 0 heterocycles. The summed E-state index contributed by atoms with van der Waals surface area (Å²) in [4.78, 5) is 22.5. The molecule has 0 spiro atoms. The van der Waals surface area contributed by atoms with Crippen molar-refractivity contribution in [2.45, 2.75) is 52.0 Å². The normalized spacial score (nSPS) is 19.9. The molecule has 5 nitrogen and oxygen atoms in total. The minimum atomic E-state index is -0.758. The Morgan fingerprint density at radius 1 is 1.33 bits per heavy atom. The smallest absolute Gasteiger partial charge is 0.306 e. The highest BCUT2D eigenvalue weighted by Crippen LogP contribution is 2.44. The number of hydrogen-bond acceptors (Lipinski definition) is 3. The number of amides is 1. The van der Waals surface area contributed by atoms with E-state index >= 15 is 0 Å². The second-order valence-corrected chi connectivity index (χ2v) is 5.53. The van der Waals surface area contributed by atoms with Gasteiger partial charge in [-0.3, -0.25) is 9.59 Å². The van der Waals surface area contributed by atoms with Crippen LogP contribution in [0.15, 0.2) is 0 Å². The third-order valence-corrected chi connectivity index (χ3v) is 3.80. The summed E-state index contributed by atoms with van der Waals surface area (Å²) >= 11 is 0. The van der Waals surface area contributed by atoms with Crippen molar-refractivity contribution in [3.63, 3.8) is 0 Å². The number of carboxylic acids is 1. The lowest BCUT2D eigenvalue weighted by atomic mass is 10.0. The van der Waals surface area contributed by atoms with Gasteiger partial charge in [0.2, 0.25) is 5.91 Å². The number of hydrogen-bond donors (Lipinski definition) is 3. The van der Waals surface area contributed by atoms with Gasteiger partial charge in [0.05, 0.1) is 11.3 Å². The minimum absolute atomic E-state index is 0.0591. The van der Waals surface area contributed by atoms with Crippen LogP contribution in [0.3, 0.4) is 0 Å². The summed E-state index contributed by atoms with van der Waals surface area (Å²) < 4.78 is 0. The SMILES string of the molecule is CC(CCCC(C)C(=O)O)NC(=O)C1(CN)CC1. The zero-order chi connectivity index (χ0) is 13.8. The van der Waals surface area contributed by atoms with Gasteiger partial charge in [-0.1, -0.05) is 13.3 Å². The van der Waals surface area contributed by atoms with Crippen molar-refractivity contribution < 1.29 is 14.7 Å². The van der Waals surface area contributed by atoms with Gasteiger partial charge in [-0.25, -0.2) is 0 Å². The van der Waals surface area contributed by atoms with Crippen molar-refractivity contribution in [3.8, 4) is 0 Å². The average molecular weight is 256 g/mol. The predicted octanol–water partition coefficient (Wildman–Crippen LogP) is 1.12. The highest BCUT2D eigenvalue weighted by Gasteiger charge is 2.48. The van der Waals surface area contributed by atoms with Crippen molar-refractivity contribution in [1.82, 2.24) is 5.32 Å². The molecule has 5 heteroatoms. The van der Waals surface area contributed by atoms with Crippen LogP contribution in [-0.2, 0) is 9.59 Å². The van der Waals surface area contributed by atoms with E-state index < -0.39 is 5.97 Å². The molecule has 0 bridgehead atoms. The lowest BCUT2D eigenvalue weighted by Crippen LogP contribution is -2.41. The first-order valence-corrected chi connectivity index (χ1v) is 6.65. The van der Waals surface area contributed by atoms with Gasteiger partial charge in [0, 0.05) is 12.6 Å². The van der Waals surface area contributed by atoms with Crippen molar-refractivity contribution in [1.29, 1.82) is 0 Å². The molecule has 18 heavy (non-hydrogen) atoms. The third-order valence-electron chi connectivity index (χ3n) is 3.80. The molecule has 1 aliphatic carbocycles. The molecular formula is C13H24N2O3. The molecule has 4 N–H and O–H groups in total. The number of carbonyl (C=O) groups is 2. The van der Waals surface area contributed by atoms with Crippen molar-refractivity contribution >= 4 is 11.9 Å². The monoisotopic (exact) mass is 256 g/mol. The number of rotatable bonds is 8. The first-order valence-electron chi connectivity index (χ1n) is 6.65. The van der Waals surface area contributed by atoms with E-state index in [1.54, 1.807) is 6.92 Å². The molecule has 104 valence electrons. The quantitative estimate of drug-likeness (QED) is 0.607. The number of aliphatic carboxylic acids is 1. The Bertz CT molecular complexity index is 313. The molecule has 1 rings (SSSR count). The Kier molecular flexibility index (Phi) is 5.14. The summed E-state index contributed by atoms with van der Waals surface area (Å²) in [6.07, 6.45) is 4.04. The zero-order valence-electron chi connectivity index (χ0n) is 11.2. The van der Waals surface area contributed by atoms with Crippen molar-refractivity contribution in [3.05, 3.63) is 0 Å². The topological polar surface area (TPSA) is 92.4 Å². The molecule has 1 saturated carbocycles. The molecule has 0 aromatic heterocycles. The van der Waals surface area contributed by atoms with Crippen LogP contribution in [0.5, 0.6) is 0 Å². The van der Waals surface area contributed by atoms with Crippen LogP contribution in [0.4, 0.5) is 0 Å². The number of carbonyl (C=O) groups excluding carboxylic acids is 1. The van der Waals surface area contributed by atoms with E-state index in [-0.39, 0.29) is 23.3 Å². The summed E-state index contributed by atoms with van der Waals surface area (Å²) in [5.41, 5.74) is 5.29. The van der Waals surface area contributed by atoms with E-state index in [1.165, 1.54) is 0 Å². The van der Waals surface area contributed by atoms with E-state index in [0.717, 1.165) is 25.7 Å². The Morgan fingerprint density at radius 2 is 1.94 bits per heavy atom. The van der Waals surface area contributed by atoms with Crippen LogP contribution in [0.1, 0.15) is 46.0 Å². The van der Waals surface area contributed by atoms with Crippen LogP contribution in [0, 0.1) is 11.3 Å². The maximum atomic E-state index is 11.9. The molecule has 1 fully saturated rings. The van der Waals surface area contributed by atoms with Crippen LogP contribution in [-0.4, -0.2) is 29.6 Å². The van der Waals surface area contributed by atoms with E-state index in [9.17, 15) is 9.59 Å². The largest absolute Gasteiger partial charge is 0.481 e. The van der Waals surface area contributed by atoms with Gasteiger partial charge in [0.15, 0.2) is 0 Å². The minimum Gasteiger partial charge on any atom is -0.481 e. The van der Waals surface area contributed by atoms with Crippen LogP contribution >= 0.6 is 0 Å². The van der Waals surface area contributed by atoms with E-state index in [2.05, 4.69) is 5.32 Å². The number of carboxylic acid groups (broad SMARTS) is 1. The molecule has 2 atom stereocenters. The molecule has 0 aromatic rings. The molecular weight excluding hydrogens is 232 g/mol. The Hall–Kier alpha value is -1.10. The van der Waals surface area contributed by atoms with Gasteiger partial charge < -0.3 is 16.2 Å². The third kappa shape index (κ3) is 3.98. The maximum Gasteiger partial charge on any atom is 0.306 e. The molecule has 0 aromatic carbocycles. The van der Waals surface area contributed by atoms with Gasteiger partial charge >= 0.3 is 5.97 Å². The van der Waals surface area contributed by atoms with Crippen LogP contribution < -0.4 is 11.1 Å². The van der Waals surface area contributed by atoms with Gasteiger partial charge in [0.1, 0.15) is 0 Å². The maximum absolute atomic E-state index is 11.9. The fraction of sp³-hybridized carbons (Fsp3) is 0.846. The van der Waals surface area contributed by atoms with Crippen molar-refractivity contribution in [2.75, 3.05) is 6.54 Å². The van der Waals surface area contributed by atoms with Crippen molar-refractivity contribution in [2.24, 2.45) is 17.1 Å². The van der Waals surface area contributed by atoms with Gasteiger partial charge in [0.25, 0.3) is 0 Å². The summed E-state index contributed by atoms with van der Waals surface area (Å²) in [5.74, 6) is -1.01. The van der Waals surface area contributed by atoms with Gasteiger partial charge in [-0.15, -0.1) is 0 Å². The Balaban J connectivity index is 2.20. The predicted molar refractivity (Wildman–Crippen MR) is 69.0 cm³/mol. The zero-order valence-corrected chi connectivity index (χ0v) is 11.2. The molecule has 0 aliphatic heterocycles. The Morgan fingerprint density at radius 3 is 2.39 bits per heavy atom. The van der Waals surface area contributed by atoms with E-state index in [4.69, 9.17) is 10.8 Å². The second-order valence-electron chi connectivity index (χ2n) is 5.53. The number of nitrogens with two attached hydrogens (primary N) is 1. The molecule has 0 saturated heterocycles. The molecule has 0 radical (unpaired) electrons. The summed E-state index contributed by atoms with van der Waals surface area (Å²) in [5, 5.41) is 11.7. The molecule has 1 aliphatic rings. The van der Waals surface area contributed by atoms with Gasteiger partial charge in [-0.2, -0.15) is 0 Å². The highest BCUT2D eigenvalue weighted by atomic mass is 16.4. The lowest BCUT2D eigenvalue weighted by Gasteiger charge is -2.18. The fourth-order valence-electron chi connectivity index (χ4n) is 1.98. The summed E-state index contributed by atoms with van der Waals surface area (Å²) in [6, 6.07) is 0.0857. The average Bonchev–Trinajstić information content (AvgIpc) is 3.09. The first-order chi connectivity index (χ1) is 8.41. The first kappa shape index (κ1) is 15.0. The number of nitrogens with one attached hydrogen (secondary N) is 1. The van der Waals surface area contributed by atoms with Crippen LogP contribution in [0.25, 0.3) is 0 Å². The standard InChI is InChI=1S/C13H24N2O3/c1-9(11(16)17)4-3-5-10(2)15-12(18)13(8-14)6-7-13/h9-10H,3-8,14H2,1-2H3,(H,15,18)(H,16,17). The molecule has 2 unspecified atom stereocenters. The summed E-state index contributed by atoms with van der Waals surface area (Å²) in [6.45, 7) is 4.08. The molecule has 1 amide bonds. The highest BCUT2D eigenvalue weighted by molar-refractivity contribution is 5.85. The Labute approximate surface area is 108 Å². The van der Waals surface area contributed by atoms with E-state index in [0.29, 0.717) is 13.0 Å². The fourth-order valence-corrected chi connectivity index (χ4v) is 1.98. The van der Waals surface area contributed by atoms with Crippen LogP contribution in [0.2, 0.25) is 0 Å².